The summed E-state index contributed by atoms with van der Waals surface area (Å²) in [5, 5.41) is 0. The molecular weight excluding hydrogens is 386 g/mol. The van der Waals surface area contributed by atoms with Crippen molar-refractivity contribution in [1.82, 2.24) is 0 Å². The Hall–Kier alpha value is -2.34. The van der Waals surface area contributed by atoms with E-state index in [2.05, 4.69) is 15.9 Å². The van der Waals surface area contributed by atoms with E-state index >= 15 is 0 Å². The van der Waals surface area contributed by atoms with Crippen molar-refractivity contribution in [2.75, 3.05) is 18.6 Å². The summed E-state index contributed by atoms with van der Waals surface area (Å²) in [5.74, 6) is -0.142. The Kier molecular flexibility index (Phi) is 5.08. The van der Waals surface area contributed by atoms with Crippen molar-refractivity contribution in [2.45, 2.75) is 19.4 Å². The molecule has 0 radical (unpaired) electrons. The maximum absolute atomic E-state index is 12.7. The van der Waals surface area contributed by atoms with E-state index in [1.165, 1.54) is 0 Å². The minimum Gasteiger partial charge on any atom is -0.496 e. The van der Waals surface area contributed by atoms with Crippen LogP contribution in [-0.2, 0) is 16.0 Å². The van der Waals surface area contributed by atoms with Crippen LogP contribution in [0.3, 0.4) is 0 Å². The zero-order chi connectivity index (χ0) is 18.0. The lowest BCUT2D eigenvalue weighted by Gasteiger charge is -2.21. The van der Waals surface area contributed by atoms with E-state index in [1.54, 1.807) is 37.1 Å². The van der Waals surface area contributed by atoms with Gasteiger partial charge in [-0.3, -0.25) is 4.79 Å². The molecule has 0 unspecified atom stereocenters. The molecule has 1 aliphatic rings. The topological polar surface area (TPSA) is 55.8 Å². The predicted octanol–water partition coefficient (Wildman–Crippen LogP) is 3.59. The summed E-state index contributed by atoms with van der Waals surface area (Å²) >= 11 is 3.33. The molecule has 2 aromatic rings. The molecule has 0 saturated carbocycles. The minimum atomic E-state index is -0.862. The number of halogens is 1. The van der Waals surface area contributed by atoms with Gasteiger partial charge in [0.15, 0.2) is 6.10 Å². The Morgan fingerprint density at radius 3 is 2.68 bits per heavy atom. The second-order valence-electron chi connectivity index (χ2n) is 5.77. The fourth-order valence-electron chi connectivity index (χ4n) is 2.86. The number of carbonyl (C=O) groups is 2. The molecule has 3 rings (SSSR count). The Labute approximate surface area is 154 Å². The first kappa shape index (κ1) is 17.5. The van der Waals surface area contributed by atoms with Gasteiger partial charge in [-0.25, -0.2) is 4.79 Å². The normalized spacial score (nSPS) is 14.0. The zero-order valence-electron chi connectivity index (χ0n) is 14.0. The molecule has 0 spiro atoms. The maximum atomic E-state index is 12.7. The van der Waals surface area contributed by atoms with Gasteiger partial charge < -0.3 is 14.4 Å². The Morgan fingerprint density at radius 2 is 1.96 bits per heavy atom. The lowest BCUT2D eigenvalue weighted by molar-refractivity contribution is -0.126. The van der Waals surface area contributed by atoms with Gasteiger partial charge in [-0.1, -0.05) is 18.2 Å². The largest absolute Gasteiger partial charge is 0.496 e. The van der Waals surface area contributed by atoms with Gasteiger partial charge in [0, 0.05) is 12.2 Å². The second kappa shape index (κ2) is 7.27. The number of methoxy groups -OCH3 is 1. The third-order valence-corrected chi connectivity index (χ3v) is 4.79. The summed E-state index contributed by atoms with van der Waals surface area (Å²) in [6.45, 7) is 2.20. The molecule has 0 bridgehead atoms. The minimum absolute atomic E-state index is 0.217. The van der Waals surface area contributed by atoms with Crippen molar-refractivity contribution in [1.29, 1.82) is 0 Å². The SMILES string of the molecule is COc1ccc(C(=O)O[C@H](C)C(=O)N2CCc3ccccc32)cc1Br. The van der Waals surface area contributed by atoms with Crippen molar-refractivity contribution < 1.29 is 19.1 Å². The van der Waals surface area contributed by atoms with E-state index < -0.39 is 12.1 Å². The number of rotatable bonds is 4. The van der Waals surface area contributed by atoms with Crippen LogP contribution in [0.1, 0.15) is 22.8 Å². The molecule has 0 aromatic heterocycles. The number of anilines is 1. The standard InChI is InChI=1S/C19H18BrNO4/c1-12(18(22)21-10-9-13-5-3-4-6-16(13)21)25-19(23)14-7-8-17(24-2)15(20)11-14/h3-8,11-12H,9-10H2,1-2H3/t12-/m1/s1. The fourth-order valence-corrected chi connectivity index (χ4v) is 3.40. The first-order chi connectivity index (χ1) is 12.0. The van der Waals surface area contributed by atoms with Crippen LogP contribution in [0.15, 0.2) is 46.9 Å². The number of ether oxygens (including phenoxy) is 2. The van der Waals surface area contributed by atoms with E-state index in [1.807, 2.05) is 24.3 Å². The molecule has 1 atom stereocenters. The number of benzene rings is 2. The van der Waals surface area contributed by atoms with Crippen LogP contribution in [0.2, 0.25) is 0 Å². The molecule has 0 fully saturated rings. The van der Waals surface area contributed by atoms with Crippen molar-refractivity contribution in [3.63, 3.8) is 0 Å². The van der Waals surface area contributed by atoms with Gasteiger partial charge in [0.2, 0.25) is 0 Å². The van der Waals surface area contributed by atoms with Gasteiger partial charge in [0.05, 0.1) is 17.1 Å². The number of hydrogen-bond donors (Lipinski definition) is 0. The molecular formula is C19H18BrNO4. The van der Waals surface area contributed by atoms with E-state index in [4.69, 9.17) is 9.47 Å². The van der Waals surface area contributed by atoms with E-state index in [9.17, 15) is 9.59 Å². The molecule has 2 aromatic carbocycles. The highest BCUT2D eigenvalue weighted by atomic mass is 79.9. The van der Waals surface area contributed by atoms with Crippen molar-refractivity contribution in [3.05, 3.63) is 58.1 Å². The quantitative estimate of drug-likeness (QED) is 0.731. The lowest BCUT2D eigenvalue weighted by atomic mass is 10.2. The predicted molar refractivity (Wildman–Crippen MR) is 98.1 cm³/mol. The molecule has 130 valence electrons. The van der Waals surface area contributed by atoms with Crippen LogP contribution >= 0.6 is 15.9 Å². The first-order valence-electron chi connectivity index (χ1n) is 7.95. The number of fused-ring (bicyclic) bond motifs is 1. The van der Waals surface area contributed by atoms with Gasteiger partial charge >= 0.3 is 5.97 Å². The van der Waals surface area contributed by atoms with Gasteiger partial charge in [0.25, 0.3) is 5.91 Å². The fraction of sp³-hybridized carbons (Fsp3) is 0.263. The summed E-state index contributed by atoms with van der Waals surface area (Å²) < 4.78 is 11.2. The molecule has 5 nitrogen and oxygen atoms in total. The number of para-hydroxylation sites is 1. The van der Waals surface area contributed by atoms with Crippen LogP contribution in [0.25, 0.3) is 0 Å². The Bertz CT molecular complexity index is 821. The van der Waals surface area contributed by atoms with E-state index in [0.717, 1.165) is 17.7 Å². The van der Waals surface area contributed by atoms with Crippen molar-refractivity contribution >= 4 is 33.5 Å². The molecule has 25 heavy (non-hydrogen) atoms. The van der Waals surface area contributed by atoms with E-state index in [0.29, 0.717) is 22.3 Å². The summed E-state index contributed by atoms with van der Waals surface area (Å²) in [7, 11) is 1.55. The third kappa shape index (κ3) is 3.54. The number of esters is 1. The van der Waals surface area contributed by atoms with Gasteiger partial charge in [-0.2, -0.15) is 0 Å². The summed E-state index contributed by atoms with van der Waals surface area (Å²) in [5.41, 5.74) is 2.38. The molecule has 0 N–H and O–H groups in total. The summed E-state index contributed by atoms with van der Waals surface area (Å²) in [6.07, 6.45) is -0.0480. The highest BCUT2D eigenvalue weighted by molar-refractivity contribution is 9.10. The van der Waals surface area contributed by atoms with Gasteiger partial charge in [0.1, 0.15) is 5.75 Å². The Morgan fingerprint density at radius 1 is 1.20 bits per heavy atom. The Balaban J connectivity index is 1.70. The first-order valence-corrected chi connectivity index (χ1v) is 8.74. The number of amides is 1. The van der Waals surface area contributed by atoms with Gasteiger partial charge in [-0.15, -0.1) is 0 Å². The van der Waals surface area contributed by atoms with Crippen LogP contribution in [0, 0.1) is 0 Å². The summed E-state index contributed by atoms with van der Waals surface area (Å²) in [4.78, 5) is 26.7. The van der Waals surface area contributed by atoms with Crippen LogP contribution < -0.4 is 9.64 Å². The van der Waals surface area contributed by atoms with Crippen LogP contribution in [0.5, 0.6) is 5.75 Å². The molecule has 1 heterocycles. The van der Waals surface area contributed by atoms with Crippen LogP contribution in [0.4, 0.5) is 5.69 Å². The van der Waals surface area contributed by atoms with Crippen LogP contribution in [-0.4, -0.2) is 31.6 Å². The average molecular weight is 404 g/mol. The molecule has 1 aliphatic heterocycles. The monoisotopic (exact) mass is 403 g/mol. The molecule has 1 amide bonds. The lowest BCUT2D eigenvalue weighted by Crippen LogP contribution is -2.39. The highest BCUT2D eigenvalue weighted by Crippen LogP contribution is 2.29. The average Bonchev–Trinajstić information content (AvgIpc) is 3.04. The molecule has 0 saturated heterocycles. The second-order valence-corrected chi connectivity index (χ2v) is 6.62. The number of nitrogens with zero attached hydrogens (tertiary/aromatic N) is 1. The summed E-state index contributed by atoms with van der Waals surface area (Å²) in [6, 6.07) is 12.7. The van der Waals surface area contributed by atoms with Crippen molar-refractivity contribution in [2.24, 2.45) is 0 Å². The number of carbonyl (C=O) groups excluding carboxylic acids is 2. The van der Waals surface area contributed by atoms with Gasteiger partial charge in [-0.05, 0) is 59.1 Å². The molecule has 6 heteroatoms. The molecule has 0 aliphatic carbocycles. The highest BCUT2D eigenvalue weighted by Gasteiger charge is 2.30. The van der Waals surface area contributed by atoms with Crippen molar-refractivity contribution in [3.8, 4) is 5.75 Å². The smallest absolute Gasteiger partial charge is 0.338 e. The maximum Gasteiger partial charge on any atom is 0.338 e. The van der Waals surface area contributed by atoms with E-state index in [-0.39, 0.29) is 5.91 Å². The zero-order valence-corrected chi connectivity index (χ0v) is 15.6. The third-order valence-electron chi connectivity index (χ3n) is 4.17. The number of hydrogen-bond acceptors (Lipinski definition) is 4.